The Morgan fingerprint density at radius 3 is 3.00 bits per heavy atom. The second-order valence-corrected chi connectivity index (χ2v) is 2.82. The van der Waals surface area contributed by atoms with E-state index in [0.717, 1.165) is 12.8 Å². The van der Waals surface area contributed by atoms with Crippen molar-refractivity contribution in [3.05, 3.63) is 10.4 Å². The molecule has 1 amide bonds. The summed E-state index contributed by atoms with van der Waals surface area (Å²) >= 11 is 0. The molecule has 0 saturated heterocycles. The van der Waals surface area contributed by atoms with Crippen LogP contribution in [0, 0.1) is 0 Å². The van der Waals surface area contributed by atoms with Gasteiger partial charge in [0, 0.05) is 17.0 Å². The van der Waals surface area contributed by atoms with Crippen LogP contribution in [-0.2, 0) is 0 Å². The van der Waals surface area contributed by atoms with Gasteiger partial charge in [0.1, 0.15) is 0 Å². The molecule has 0 radical (unpaired) electrons. The Labute approximate surface area is 69.2 Å². The first-order chi connectivity index (χ1) is 5.72. The number of hydrogen-bond acceptors (Lipinski definition) is 2. The molecular weight excluding hydrogens is 160 g/mol. The van der Waals surface area contributed by atoms with Gasteiger partial charge >= 0.3 is 6.09 Å². The maximum Gasteiger partial charge on any atom is 0.404 e. The smallest absolute Gasteiger partial charge is 0.404 e. The van der Waals surface area contributed by atoms with Crippen molar-refractivity contribution < 1.29 is 9.90 Å². The molecule has 1 saturated carbocycles. The molecule has 0 unspecified atom stereocenters. The first-order valence-electron chi connectivity index (χ1n) is 3.76. The zero-order valence-corrected chi connectivity index (χ0v) is 6.47. The fourth-order valence-electron chi connectivity index (χ4n) is 1.44. The van der Waals surface area contributed by atoms with Crippen molar-refractivity contribution in [2.45, 2.75) is 31.3 Å². The molecular formula is C6H10N4O2. The van der Waals surface area contributed by atoms with Crippen LogP contribution in [0.2, 0.25) is 0 Å². The van der Waals surface area contributed by atoms with E-state index in [1.54, 1.807) is 0 Å². The molecule has 0 aromatic rings. The molecule has 6 heteroatoms. The van der Waals surface area contributed by atoms with Crippen LogP contribution in [0.5, 0.6) is 0 Å². The first kappa shape index (κ1) is 8.67. The third kappa shape index (κ3) is 2.32. The second-order valence-electron chi connectivity index (χ2n) is 2.82. The van der Waals surface area contributed by atoms with Crippen LogP contribution in [0.15, 0.2) is 5.11 Å². The lowest BCUT2D eigenvalue weighted by atomic mass is 10.2. The van der Waals surface area contributed by atoms with Crippen LogP contribution < -0.4 is 5.32 Å². The lowest BCUT2D eigenvalue weighted by molar-refractivity contribution is 0.190. The minimum atomic E-state index is -1.01. The van der Waals surface area contributed by atoms with E-state index in [1.165, 1.54) is 0 Å². The number of nitrogens with one attached hydrogen (secondary N) is 1. The highest BCUT2D eigenvalue weighted by Crippen LogP contribution is 2.21. The zero-order chi connectivity index (χ0) is 8.97. The SMILES string of the molecule is [N-]=[N+]=N[C@H]1CC[C@H](NC(=O)O)C1. The van der Waals surface area contributed by atoms with Crippen LogP contribution in [0.1, 0.15) is 19.3 Å². The average molecular weight is 170 g/mol. The summed E-state index contributed by atoms with van der Waals surface area (Å²) in [7, 11) is 0. The normalized spacial score (nSPS) is 27.7. The van der Waals surface area contributed by atoms with E-state index >= 15 is 0 Å². The molecule has 66 valence electrons. The third-order valence-corrected chi connectivity index (χ3v) is 1.95. The summed E-state index contributed by atoms with van der Waals surface area (Å²) in [6.45, 7) is 0. The van der Waals surface area contributed by atoms with E-state index in [9.17, 15) is 4.79 Å². The van der Waals surface area contributed by atoms with Crippen molar-refractivity contribution in [3.63, 3.8) is 0 Å². The molecule has 2 atom stereocenters. The van der Waals surface area contributed by atoms with Gasteiger partial charge in [0.2, 0.25) is 0 Å². The van der Waals surface area contributed by atoms with Gasteiger partial charge in [-0.05, 0) is 24.8 Å². The molecule has 0 aromatic carbocycles. The van der Waals surface area contributed by atoms with Crippen molar-refractivity contribution >= 4 is 6.09 Å². The molecule has 0 aliphatic heterocycles. The Morgan fingerprint density at radius 2 is 2.42 bits per heavy atom. The lowest BCUT2D eigenvalue weighted by Crippen LogP contribution is -2.31. The van der Waals surface area contributed by atoms with Crippen molar-refractivity contribution in [2.24, 2.45) is 5.11 Å². The minimum Gasteiger partial charge on any atom is -0.465 e. The summed E-state index contributed by atoms with van der Waals surface area (Å²) in [6, 6.07) is -0.0788. The van der Waals surface area contributed by atoms with Crippen molar-refractivity contribution in [3.8, 4) is 0 Å². The van der Waals surface area contributed by atoms with Crippen LogP contribution >= 0.6 is 0 Å². The monoisotopic (exact) mass is 170 g/mol. The fourth-order valence-corrected chi connectivity index (χ4v) is 1.44. The Bertz CT molecular complexity index is 224. The molecule has 6 nitrogen and oxygen atoms in total. The van der Waals surface area contributed by atoms with Gasteiger partial charge in [0.05, 0.1) is 0 Å². The Balaban J connectivity index is 2.35. The van der Waals surface area contributed by atoms with E-state index in [2.05, 4.69) is 15.3 Å². The first-order valence-corrected chi connectivity index (χ1v) is 3.76. The maximum absolute atomic E-state index is 10.2. The fraction of sp³-hybridized carbons (Fsp3) is 0.833. The average Bonchev–Trinajstić information content (AvgIpc) is 2.36. The topological polar surface area (TPSA) is 98.1 Å². The van der Waals surface area contributed by atoms with Crippen molar-refractivity contribution in [2.75, 3.05) is 0 Å². The summed E-state index contributed by atoms with van der Waals surface area (Å²) in [6.07, 6.45) is 1.14. The molecule has 0 aromatic heterocycles. The molecule has 1 fully saturated rings. The van der Waals surface area contributed by atoms with Gasteiger partial charge in [-0.3, -0.25) is 0 Å². The predicted octanol–water partition coefficient (Wildman–Crippen LogP) is 1.49. The molecule has 0 bridgehead atoms. The number of amides is 1. The van der Waals surface area contributed by atoms with E-state index < -0.39 is 6.09 Å². The quantitative estimate of drug-likeness (QED) is 0.372. The van der Waals surface area contributed by atoms with E-state index in [4.69, 9.17) is 10.6 Å². The van der Waals surface area contributed by atoms with Crippen molar-refractivity contribution in [1.29, 1.82) is 0 Å². The van der Waals surface area contributed by atoms with Gasteiger partial charge in [-0.1, -0.05) is 5.11 Å². The van der Waals surface area contributed by atoms with Crippen molar-refractivity contribution in [1.82, 2.24) is 5.32 Å². The summed E-state index contributed by atoms with van der Waals surface area (Å²) in [5.74, 6) is 0. The summed E-state index contributed by atoms with van der Waals surface area (Å²) in [5.41, 5.74) is 8.12. The number of hydrogen-bond donors (Lipinski definition) is 2. The molecule has 12 heavy (non-hydrogen) atoms. The van der Waals surface area contributed by atoms with E-state index in [0.29, 0.717) is 6.42 Å². The predicted molar refractivity (Wildman–Crippen MR) is 41.7 cm³/mol. The van der Waals surface area contributed by atoms with E-state index in [-0.39, 0.29) is 12.1 Å². The van der Waals surface area contributed by atoms with Gasteiger partial charge in [-0.15, -0.1) is 0 Å². The minimum absolute atomic E-state index is 0.0353. The number of carbonyl (C=O) groups is 1. The molecule has 0 spiro atoms. The van der Waals surface area contributed by atoms with Crippen LogP contribution in [0.3, 0.4) is 0 Å². The molecule has 1 aliphatic rings. The highest BCUT2D eigenvalue weighted by molar-refractivity contribution is 5.64. The van der Waals surface area contributed by atoms with Gasteiger partial charge in [-0.25, -0.2) is 4.79 Å². The molecule has 0 heterocycles. The highest BCUT2D eigenvalue weighted by Gasteiger charge is 2.24. The standard InChI is InChI=1S/C6H10N4O2/c7-10-9-5-2-1-4(3-5)8-6(11)12/h4-5,8H,1-3H2,(H,11,12)/t4-,5-/m0/s1. The summed E-state index contributed by atoms with van der Waals surface area (Å²) in [5, 5.41) is 14.3. The van der Waals surface area contributed by atoms with Gasteiger partial charge in [0.15, 0.2) is 0 Å². The van der Waals surface area contributed by atoms with Gasteiger partial charge in [-0.2, -0.15) is 0 Å². The Kier molecular flexibility index (Phi) is 2.76. The van der Waals surface area contributed by atoms with Crippen LogP contribution in [0.4, 0.5) is 4.79 Å². The van der Waals surface area contributed by atoms with Gasteiger partial charge in [0.25, 0.3) is 0 Å². The molecule has 2 N–H and O–H groups in total. The number of nitrogens with zero attached hydrogens (tertiary/aromatic N) is 3. The van der Waals surface area contributed by atoms with Gasteiger partial charge < -0.3 is 10.4 Å². The Morgan fingerprint density at radius 1 is 1.67 bits per heavy atom. The summed E-state index contributed by atoms with van der Waals surface area (Å²) in [4.78, 5) is 12.9. The van der Waals surface area contributed by atoms with Crippen LogP contribution in [-0.4, -0.2) is 23.3 Å². The second kappa shape index (κ2) is 3.82. The molecule has 1 rings (SSSR count). The van der Waals surface area contributed by atoms with Crippen LogP contribution in [0.25, 0.3) is 10.4 Å². The number of rotatable bonds is 2. The zero-order valence-electron chi connectivity index (χ0n) is 6.47. The Hall–Kier alpha value is -1.42. The summed E-state index contributed by atoms with van der Waals surface area (Å²) < 4.78 is 0. The number of carboxylic acid groups (broad SMARTS) is 1. The highest BCUT2D eigenvalue weighted by atomic mass is 16.4. The third-order valence-electron chi connectivity index (χ3n) is 1.95. The maximum atomic E-state index is 10.2. The van der Waals surface area contributed by atoms with E-state index in [1.807, 2.05) is 0 Å². The largest absolute Gasteiger partial charge is 0.465 e. The molecule has 1 aliphatic carbocycles. The lowest BCUT2D eigenvalue weighted by Gasteiger charge is -2.07. The number of azide groups is 1.